The zero-order valence-electron chi connectivity index (χ0n) is 8.07. The first-order valence-electron chi connectivity index (χ1n) is 4.86. The molecule has 14 heavy (non-hydrogen) atoms. The number of hydrogen-bond acceptors (Lipinski definition) is 3. The minimum absolute atomic E-state index is 0.509. The molecule has 0 radical (unpaired) electrons. The number of aromatic nitrogens is 3. The van der Waals surface area contributed by atoms with E-state index in [0.717, 1.165) is 24.6 Å². The van der Waals surface area contributed by atoms with Gasteiger partial charge in [-0.25, -0.2) is 9.50 Å². The van der Waals surface area contributed by atoms with Crippen LogP contribution in [0.3, 0.4) is 0 Å². The molecule has 0 spiro atoms. The van der Waals surface area contributed by atoms with Crippen molar-refractivity contribution in [2.75, 3.05) is 13.1 Å². The molecule has 1 aliphatic rings. The van der Waals surface area contributed by atoms with Gasteiger partial charge in [-0.3, -0.25) is 0 Å². The molecule has 0 saturated carbocycles. The number of pyridine rings is 1. The van der Waals surface area contributed by atoms with Crippen molar-refractivity contribution in [1.29, 1.82) is 0 Å². The zero-order chi connectivity index (χ0) is 9.54. The van der Waals surface area contributed by atoms with Gasteiger partial charge in [0.15, 0.2) is 11.5 Å². The first-order valence-corrected chi connectivity index (χ1v) is 4.86. The van der Waals surface area contributed by atoms with Crippen LogP contribution in [0.5, 0.6) is 0 Å². The molecule has 4 nitrogen and oxygen atoms in total. The molecule has 0 aromatic carbocycles. The molecule has 3 heterocycles. The summed E-state index contributed by atoms with van der Waals surface area (Å²) >= 11 is 0. The molecule has 0 bridgehead atoms. The van der Waals surface area contributed by atoms with E-state index in [-0.39, 0.29) is 0 Å². The predicted octanol–water partition coefficient (Wildman–Crippen LogP) is 0.725. The van der Waals surface area contributed by atoms with Gasteiger partial charge in [0.2, 0.25) is 0 Å². The molecule has 1 fully saturated rings. The number of nitrogens with zero attached hydrogens (tertiary/aromatic N) is 3. The Bertz CT molecular complexity index is 470. The summed E-state index contributed by atoms with van der Waals surface area (Å²) in [5.41, 5.74) is 2.18. The molecule has 0 aliphatic carbocycles. The van der Waals surface area contributed by atoms with Crippen LogP contribution in [0, 0.1) is 6.92 Å². The second kappa shape index (κ2) is 2.78. The van der Waals surface area contributed by atoms with Gasteiger partial charge < -0.3 is 5.32 Å². The summed E-state index contributed by atoms with van der Waals surface area (Å²) in [5, 5.41) is 7.67. The molecule has 0 unspecified atom stereocenters. The van der Waals surface area contributed by atoms with Gasteiger partial charge in [-0.05, 0) is 24.6 Å². The third-order valence-corrected chi connectivity index (χ3v) is 2.66. The fourth-order valence-electron chi connectivity index (χ4n) is 1.64. The molecule has 4 heteroatoms. The molecular formula is C10H12N4. The van der Waals surface area contributed by atoms with Crippen molar-refractivity contribution in [3.63, 3.8) is 0 Å². The number of fused-ring (bicyclic) bond motifs is 1. The van der Waals surface area contributed by atoms with E-state index in [2.05, 4.69) is 28.4 Å². The molecule has 0 amide bonds. The summed E-state index contributed by atoms with van der Waals surface area (Å²) in [4.78, 5) is 4.51. The highest BCUT2D eigenvalue weighted by molar-refractivity contribution is 5.40. The Hall–Kier alpha value is -1.42. The summed E-state index contributed by atoms with van der Waals surface area (Å²) in [5.74, 6) is 1.48. The fraction of sp³-hybridized carbons (Fsp3) is 0.400. The van der Waals surface area contributed by atoms with Crippen molar-refractivity contribution in [1.82, 2.24) is 19.9 Å². The standard InChI is InChI=1S/C10H12N4/c1-7-2-3-14-9(4-7)12-10(13-14)8-5-11-6-8/h2-4,8,11H,5-6H2,1H3. The molecule has 72 valence electrons. The van der Waals surface area contributed by atoms with Crippen molar-refractivity contribution in [2.45, 2.75) is 12.8 Å². The van der Waals surface area contributed by atoms with E-state index in [1.807, 2.05) is 16.8 Å². The largest absolute Gasteiger partial charge is 0.315 e. The van der Waals surface area contributed by atoms with Gasteiger partial charge in [0.1, 0.15) is 0 Å². The maximum atomic E-state index is 4.51. The van der Waals surface area contributed by atoms with Crippen LogP contribution in [0.4, 0.5) is 0 Å². The number of aryl methyl sites for hydroxylation is 1. The van der Waals surface area contributed by atoms with Crippen molar-refractivity contribution >= 4 is 5.65 Å². The lowest BCUT2D eigenvalue weighted by molar-refractivity contribution is 0.430. The predicted molar refractivity (Wildman–Crippen MR) is 53.3 cm³/mol. The summed E-state index contributed by atoms with van der Waals surface area (Å²) in [6, 6.07) is 4.10. The monoisotopic (exact) mass is 188 g/mol. The molecule has 2 aromatic rings. The summed E-state index contributed by atoms with van der Waals surface area (Å²) in [6.07, 6.45) is 1.97. The van der Waals surface area contributed by atoms with Crippen molar-refractivity contribution in [3.05, 3.63) is 29.7 Å². The minimum atomic E-state index is 0.509. The smallest absolute Gasteiger partial charge is 0.157 e. The SMILES string of the molecule is Cc1ccn2nc(C3CNC3)nc2c1. The Balaban J connectivity index is 2.10. The highest BCUT2D eigenvalue weighted by Gasteiger charge is 2.23. The van der Waals surface area contributed by atoms with Gasteiger partial charge in [-0.15, -0.1) is 0 Å². The molecule has 1 saturated heterocycles. The van der Waals surface area contributed by atoms with Gasteiger partial charge in [-0.1, -0.05) is 0 Å². The zero-order valence-corrected chi connectivity index (χ0v) is 8.07. The first kappa shape index (κ1) is 7.94. The maximum absolute atomic E-state index is 4.51. The van der Waals surface area contributed by atoms with Crippen LogP contribution in [-0.4, -0.2) is 27.7 Å². The number of hydrogen-bond donors (Lipinski definition) is 1. The second-order valence-electron chi connectivity index (χ2n) is 3.83. The highest BCUT2D eigenvalue weighted by Crippen LogP contribution is 2.16. The Kier molecular flexibility index (Phi) is 1.58. The van der Waals surface area contributed by atoms with Crippen LogP contribution in [0.25, 0.3) is 5.65 Å². The molecule has 1 N–H and O–H groups in total. The van der Waals surface area contributed by atoms with Crippen molar-refractivity contribution < 1.29 is 0 Å². The summed E-state index contributed by atoms with van der Waals surface area (Å²) in [6.45, 7) is 4.09. The molecule has 0 atom stereocenters. The van der Waals surface area contributed by atoms with Crippen molar-refractivity contribution in [2.24, 2.45) is 0 Å². The third-order valence-electron chi connectivity index (χ3n) is 2.66. The van der Waals surface area contributed by atoms with E-state index in [9.17, 15) is 0 Å². The van der Waals surface area contributed by atoms with E-state index >= 15 is 0 Å². The lowest BCUT2D eigenvalue weighted by Crippen LogP contribution is -2.40. The quantitative estimate of drug-likeness (QED) is 0.717. The lowest BCUT2D eigenvalue weighted by Gasteiger charge is -2.23. The average Bonchev–Trinajstić information content (AvgIpc) is 2.43. The minimum Gasteiger partial charge on any atom is -0.315 e. The van der Waals surface area contributed by atoms with Crippen molar-refractivity contribution in [3.8, 4) is 0 Å². The lowest BCUT2D eigenvalue weighted by atomic mass is 10.0. The van der Waals surface area contributed by atoms with Crippen LogP contribution >= 0.6 is 0 Å². The van der Waals surface area contributed by atoms with E-state index in [1.165, 1.54) is 5.56 Å². The third kappa shape index (κ3) is 1.11. The van der Waals surface area contributed by atoms with Gasteiger partial charge in [0, 0.05) is 25.2 Å². The Morgan fingerprint density at radius 1 is 1.50 bits per heavy atom. The van der Waals surface area contributed by atoms with E-state index in [1.54, 1.807) is 0 Å². The average molecular weight is 188 g/mol. The normalized spacial score (nSPS) is 17.2. The summed E-state index contributed by atoms with van der Waals surface area (Å²) < 4.78 is 1.85. The van der Waals surface area contributed by atoms with Gasteiger partial charge in [0.25, 0.3) is 0 Å². The van der Waals surface area contributed by atoms with Gasteiger partial charge in [-0.2, -0.15) is 5.10 Å². The van der Waals surface area contributed by atoms with E-state index in [4.69, 9.17) is 0 Å². The second-order valence-corrected chi connectivity index (χ2v) is 3.83. The topological polar surface area (TPSA) is 42.2 Å². The number of nitrogens with one attached hydrogen (secondary N) is 1. The Morgan fingerprint density at radius 2 is 2.36 bits per heavy atom. The van der Waals surface area contributed by atoms with Crippen LogP contribution in [0.1, 0.15) is 17.3 Å². The van der Waals surface area contributed by atoms with Crippen LogP contribution in [0.2, 0.25) is 0 Å². The number of rotatable bonds is 1. The Morgan fingerprint density at radius 3 is 3.07 bits per heavy atom. The highest BCUT2D eigenvalue weighted by atomic mass is 15.3. The van der Waals surface area contributed by atoms with Crippen LogP contribution in [0.15, 0.2) is 18.3 Å². The summed E-state index contributed by atoms with van der Waals surface area (Å²) in [7, 11) is 0. The van der Waals surface area contributed by atoms with Gasteiger partial charge >= 0.3 is 0 Å². The maximum Gasteiger partial charge on any atom is 0.157 e. The van der Waals surface area contributed by atoms with E-state index in [0.29, 0.717) is 5.92 Å². The van der Waals surface area contributed by atoms with Gasteiger partial charge in [0.05, 0.1) is 0 Å². The Labute approximate surface area is 82.0 Å². The van der Waals surface area contributed by atoms with E-state index < -0.39 is 0 Å². The molecule has 2 aromatic heterocycles. The van der Waals surface area contributed by atoms with Crippen LogP contribution < -0.4 is 5.32 Å². The first-order chi connectivity index (χ1) is 6.83. The fourth-order valence-corrected chi connectivity index (χ4v) is 1.64. The molecule has 1 aliphatic heterocycles. The molecular weight excluding hydrogens is 176 g/mol. The molecule has 3 rings (SSSR count). The van der Waals surface area contributed by atoms with Crippen LogP contribution in [-0.2, 0) is 0 Å².